The Labute approximate surface area is 196 Å². The number of amides is 2. The Morgan fingerprint density at radius 1 is 1.06 bits per heavy atom. The fourth-order valence-corrected chi connectivity index (χ4v) is 4.93. The second-order valence-corrected chi connectivity index (χ2v) is 9.05. The molecule has 2 aliphatic heterocycles. The van der Waals surface area contributed by atoms with Gasteiger partial charge in [0.2, 0.25) is 11.8 Å². The van der Waals surface area contributed by atoms with E-state index in [1.54, 1.807) is 0 Å². The summed E-state index contributed by atoms with van der Waals surface area (Å²) in [5.41, 5.74) is 3.18. The number of likely N-dealkylation sites (tertiary alicyclic amines) is 1. The average Bonchev–Trinajstić information content (AvgIpc) is 2.83. The zero-order chi connectivity index (χ0) is 23.4. The number of carbonyl (C=O) groups is 2. The Morgan fingerprint density at radius 2 is 1.76 bits per heavy atom. The standard InChI is InChI=1S/C26H35N5O2/c1-4-30(5-2)24(33)18-29-15-13-21(14-16-29)25-27-19(3)22-11-12-23(32)31(26(22)28-25)17-20-9-7-6-8-10-20/h6-10,21H,4-5,11-18H2,1-3H3. The van der Waals surface area contributed by atoms with Crippen LogP contribution >= 0.6 is 0 Å². The topological polar surface area (TPSA) is 69.6 Å². The SMILES string of the molecule is CCN(CC)C(=O)CN1CCC(c2nc(C)c3c(n2)N(Cc2ccccc2)C(=O)CC3)CC1. The molecule has 0 N–H and O–H groups in total. The van der Waals surface area contributed by atoms with E-state index in [1.807, 2.05) is 60.9 Å². The lowest BCUT2D eigenvalue weighted by Gasteiger charge is -2.34. The Kier molecular flexibility index (Phi) is 7.38. The maximum absolute atomic E-state index is 12.8. The molecule has 2 aliphatic rings. The highest BCUT2D eigenvalue weighted by Crippen LogP contribution is 2.33. The molecular formula is C26H35N5O2. The Hall–Kier alpha value is -2.80. The molecule has 4 rings (SSSR count). The molecule has 3 heterocycles. The predicted molar refractivity (Wildman–Crippen MR) is 129 cm³/mol. The highest BCUT2D eigenvalue weighted by atomic mass is 16.2. The van der Waals surface area contributed by atoms with E-state index < -0.39 is 0 Å². The number of anilines is 1. The molecule has 0 bridgehead atoms. The first-order valence-corrected chi connectivity index (χ1v) is 12.2. The van der Waals surface area contributed by atoms with Crippen molar-refractivity contribution in [3.8, 4) is 0 Å². The summed E-state index contributed by atoms with van der Waals surface area (Å²) < 4.78 is 0. The molecule has 0 aliphatic carbocycles. The summed E-state index contributed by atoms with van der Waals surface area (Å²) >= 11 is 0. The molecule has 0 spiro atoms. The van der Waals surface area contributed by atoms with Crippen LogP contribution in [0.5, 0.6) is 0 Å². The van der Waals surface area contributed by atoms with E-state index >= 15 is 0 Å². The summed E-state index contributed by atoms with van der Waals surface area (Å²) in [5, 5.41) is 0. The number of likely N-dealkylation sites (N-methyl/N-ethyl adjacent to an activating group) is 1. The molecular weight excluding hydrogens is 414 g/mol. The first kappa shape index (κ1) is 23.4. The summed E-state index contributed by atoms with van der Waals surface area (Å²) in [6.07, 6.45) is 3.06. The third-order valence-corrected chi connectivity index (χ3v) is 6.97. The number of rotatable bonds is 7. The third-order valence-electron chi connectivity index (χ3n) is 6.97. The fourth-order valence-electron chi connectivity index (χ4n) is 4.93. The van der Waals surface area contributed by atoms with Crippen LogP contribution in [0.15, 0.2) is 30.3 Å². The highest BCUT2D eigenvalue weighted by Gasteiger charge is 2.31. The number of hydrogen-bond donors (Lipinski definition) is 0. The van der Waals surface area contributed by atoms with Crippen LogP contribution < -0.4 is 4.90 Å². The van der Waals surface area contributed by atoms with E-state index in [-0.39, 0.29) is 17.7 Å². The van der Waals surface area contributed by atoms with Crippen molar-refractivity contribution in [3.05, 3.63) is 53.0 Å². The number of nitrogens with zero attached hydrogens (tertiary/aromatic N) is 5. The van der Waals surface area contributed by atoms with Crippen LogP contribution in [0.3, 0.4) is 0 Å². The number of hydrogen-bond acceptors (Lipinski definition) is 5. The largest absolute Gasteiger partial charge is 0.342 e. The van der Waals surface area contributed by atoms with Gasteiger partial charge in [-0.2, -0.15) is 0 Å². The summed E-state index contributed by atoms with van der Waals surface area (Å²) in [5.74, 6) is 2.21. The second kappa shape index (κ2) is 10.4. The van der Waals surface area contributed by atoms with Crippen molar-refractivity contribution < 1.29 is 9.59 Å². The van der Waals surface area contributed by atoms with Gasteiger partial charge in [0.15, 0.2) is 0 Å². The van der Waals surface area contributed by atoms with Crippen molar-refractivity contribution in [1.82, 2.24) is 19.8 Å². The quantitative estimate of drug-likeness (QED) is 0.649. The van der Waals surface area contributed by atoms with Crippen LogP contribution in [0.4, 0.5) is 5.82 Å². The lowest BCUT2D eigenvalue weighted by atomic mass is 9.94. The second-order valence-electron chi connectivity index (χ2n) is 9.05. The Bertz CT molecular complexity index is 982. The lowest BCUT2D eigenvalue weighted by Crippen LogP contribution is -2.43. The molecule has 1 aromatic carbocycles. The molecule has 2 amide bonds. The van der Waals surface area contributed by atoms with E-state index in [9.17, 15) is 9.59 Å². The van der Waals surface area contributed by atoms with Gasteiger partial charge in [0.05, 0.1) is 13.1 Å². The van der Waals surface area contributed by atoms with Crippen molar-refractivity contribution in [1.29, 1.82) is 0 Å². The van der Waals surface area contributed by atoms with Gasteiger partial charge < -0.3 is 4.90 Å². The van der Waals surface area contributed by atoms with Crippen molar-refractivity contribution in [2.45, 2.75) is 58.9 Å². The molecule has 0 saturated carbocycles. The van der Waals surface area contributed by atoms with E-state index in [4.69, 9.17) is 9.97 Å². The average molecular weight is 450 g/mol. The molecule has 2 aromatic rings. The molecule has 176 valence electrons. The van der Waals surface area contributed by atoms with E-state index in [1.165, 1.54) is 0 Å². The van der Waals surface area contributed by atoms with Crippen molar-refractivity contribution in [3.63, 3.8) is 0 Å². The number of carbonyl (C=O) groups excluding carboxylic acids is 2. The number of piperidine rings is 1. The minimum atomic E-state index is 0.125. The van der Waals surface area contributed by atoms with Gasteiger partial charge in [0.1, 0.15) is 11.6 Å². The monoisotopic (exact) mass is 449 g/mol. The van der Waals surface area contributed by atoms with Crippen LogP contribution in [-0.4, -0.2) is 64.3 Å². The molecule has 7 nitrogen and oxygen atoms in total. The maximum atomic E-state index is 12.8. The van der Waals surface area contributed by atoms with Gasteiger partial charge in [-0.25, -0.2) is 9.97 Å². The Balaban J connectivity index is 1.48. The summed E-state index contributed by atoms with van der Waals surface area (Å²) in [6.45, 7) is 10.3. The number of aryl methyl sites for hydroxylation is 1. The normalized spacial score (nSPS) is 17.2. The van der Waals surface area contributed by atoms with E-state index in [0.29, 0.717) is 25.9 Å². The highest BCUT2D eigenvalue weighted by molar-refractivity contribution is 5.95. The number of benzene rings is 1. The van der Waals surface area contributed by atoms with Gasteiger partial charge in [0, 0.05) is 36.7 Å². The third kappa shape index (κ3) is 5.24. The number of aromatic nitrogens is 2. The maximum Gasteiger partial charge on any atom is 0.236 e. The van der Waals surface area contributed by atoms with Gasteiger partial charge in [-0.05, 0) is 58.7 Å². The first-order chi connectivity index (χ1) is 16.0. The predicted octanol–water partition coefficient (Wildman–Crippen LogP) is 3.31. The zero-order valence-electron chi connectivity index (χ0n) is 20.1. The van der Waals surface area contributed by atoms with Crippen LogP contribution in [-0.2, 0) is 22.6 Å². The molecule has 0 atom stereocenters. The van der Waals surface area contributed by atoms with Gasteiger partial charge in [-0.3, -0.25) is 19.4 Å². The van der Waals surface area contributed by atoms with Gasteiger partial charge in [-0.15, -0.1) is 0 Å². The molecule has 33 heavy (non-hydrogen) atoms. The zero-order valence-corrected chi connectivity index (χ0v) is 20.1. The lowest BCUT2D eigenvalue weighted by molar-refractivity contribution is -0.132. The summed E-state index contributed by atoms with van der Waals surface area (Å²) in [7, 11) is 0. The minimum Gasteiger partial charge on any atom is -0.342 e. The molecule has 7 heteroatoms. The van der Waals surface area contributed by atoms with Crippen LogP contribution in [0, 0.1) is 6.92 Å². The van der Waals surface area contributed by atoms with Crippen molar-refractivity contribution >= 4 is 17.6 Å². The molecule has 1 fully saturated rings. The molecule has 1 saturated heterocycles. The van der Waals surface area contributed by atoms with Crippen molar-refractivity contribution in [2.24, 2.45) is 0 Å². The van der Waals surface area contributed by atoms with Crippen LogP contribution in [0.25, 0.3) is 0 Å². The van der Waals surface area contributed by atoms with Gasteiger partial charge in [0.25, 0.3) is 0 Å². The summed E-state index contributed by atoms with van der Waals surface area (Å²) in [6, 6.07) is 10.1. The van der Waals surface area contributed by atoms with E-state index in [0.717, 1.165) is 67.5 Å². The van der Waals surface area contributed by atoms with Crippen molar-refractivity contribution in [2.75, 3.05) is 37.6 Å². The van der Waals surface area contributed by atoms with Gasteiger partial charge >= 0.3 is 0 Å². The molecule has 0 radical (unpaired) electrons. The smallest absolute Gasteiger partial charge is 0.236 e. The summed E-state index contributed by atoms with van der Waals surface area (Å²) in [4.78, 5) is 41.1. The molecule has 1 aromatic heterocycles. The fraction of sp³-hybridized carbons (Fsp3) is 0.538. The Morgan fingerprint density at radius 3 is 2.42 bits per heavy atom. The first-order valence-electron chi connectivity index (χ1n) is 12.2. The van der Waals surface area contributed by atoms with Crippen LogP contribution in [0.1, 0.15) is 61.7 Å². The van der Waals surface area contributed by atoms with Gasteiger partial charge in [-0.1, -0.05) is 30.3 Å². The van der Waals surface area contributed by atoms with E-state index in [2.05, 4.69) is 4.90 Å². The van der Waals surface area contributed by atoms with Crippen LogP contribution in [0.2, 0.25) is 0 Å². The minimum absolute atomic E-state index is 0.125. The number of fused-ring (bicyclic) bond motifs is 1. The molecule has 0 unspecified atom stereocenters.